The third kappa shape index (κ3) is 3.79. The van der Waals surface area contributed by atoms with E-state index in [4.69, 9.17) is 10.5 Å². The van der Waals surface area contributed by atoms with Crippen LogP contribution in [0.15, 0.2) is 30.3 Å². The molecule has 0 saturated carbocycles. The van der Waals surface area contributed by atoms with E-state index in [1.165, 1.54) is 5.56 Å². The number of benzene rings is 1. The zero-order valence-corrected chi connectivity index (χ0v) is 10.2. The van der Waals surface area contributed by atoms with Crippen molar-refractivity contribution in [1.29, 1.82) is 0 Å². The fraction of sp³-hybridized carbons (Fsp3) is 0.400. The van der Waals surface area contributed by atoms with Crippen LogP contribution in [-0.4, -0.2) is 28.3 Å². The van der Waals surface area contributed by atoms with Gasteiger partial charge in [0.2, 0.25) is 0 Å². The molecule has 0 radical (unpaired) electrons. The van der Waals surface area contributed by atoms with Crippen LogP contribution in [0.5, 0.6) is 0 Å². The summed E-state index contributed by atoms with van der Waals surface area (Å²) in [6.07, 6.45) is 0.781. The number of nitrogens with zero attached hydrogens (tertiary/aromatic N) is 1. The first-order chi connectivity index (χ1) is 7.69. The van der Waals surface area contributed by atoms with Gasteiger partial charge in [0.05, 0.1) is 0 Å². The molecule has 0 amide bonds. The van der Waals surface area contributed by atoms with E-state index in [9.17, 15) is 0 Å². The summed E-state index contributed by atoms with van der Waals surface area (Å²) >= 11 is 0. The van der Waals surface area contributed by atoms with Crippen LogP contribution < -0.4 is 0 Å². The summed E-state index contributed by atoms with van der Waals surface area (Å²) in [7, 11) is -0.0946. The number of hydrogen-bond acceptors (Lipinski definition) is 5. The van der Waals surface area contributed by atoms with Crippen molar-refractivity contribution in [1.82, 2.24) is 4.67 Å². The van der Waals surface area contributed by atoms with Crippen LogP contribution in [0.3, 0.4) is 0 Å². The SMILES string of the molecule is C[C@@H](Cc1ccccc1)N(C)P(OO)OO. The maximum Gasteiger partial charge on any atom is 0.323 e. The van der Waals surface area contributed by atoms with Gasteiger partial charge >= 0.3 is 8.53 Å². The predicted molar refractivity (Wildman–Crippen MR) is 61.7 cm³/mol. The molecule has 0 fully saturated rings. The molecule has 1 rings (SSSR count). The molecule has 0 saturated heterocycles. The van der Waals surface area contributed by atoms with Crippen LogP contribution in [0, 0.1) is 0 Å². The Hall–Kier alpha value is -0.550. The van der Waals surface area contributed by atoms with Crippen LogP contribution >= 0.6 is 8.53 Å². The fourth-order valence-corrected chi connectivity index (χ4v) is 2.04. The van der Waals surface area contributed by atoms with Crippen LogP contribution in [0.1, 0.15) is 12.5 Å². The average molecular weight is 245 g/mol. The molecule has 0 aliphatic carbocycles. The van der Waals surface area contributed by atoms with Crippen molar-refractivity contribution >= 4 is 8.53 Å². The summed E-state index contributed by atoms with van der Waals surface area (Å²) in [6, 6.07) is 10.0. The van der Waals surface area contributed by atoms with Gasteiger partial charge in [-0.05, 0) is 26.0 Å². The molecule has 0 aliphatic rings. The molecule has 1 aromatic carbocycles. The summed E-state index contributed by atoms with van der Waals surface area (Å²) in [5.41, 5.74) is 1.17. The van der Waals surface area contributed by atoms with Crippen molar-refractivity contribution in [3.05, 3.63) is 35.9 Å². The van der Waals surface area contributed by atoms with Crippen molar-refractivity contribution in [2.24, 2.45) is 0 Å². The van der Waals surface area contributed by atoms with Crippen LogP contribution in [-0.2, 0) is 15.8 Å². The topological polar surface area (TPSA) is 62.2 Å². The highest BCUT2D eigenvalue weighted by atomic mass is 31.2. The second-order valence-electron chi connectivity index (χ2n) is 3.51. The summed E-state index contributed by atoms with van der Waals surface area (Å²) in [5, 5.41) is 17.0. The smallest absolute Gasteiger partial charge is 0.245 e. The molecule has 0 spiro atoms. The minimum atomic E-state index is -1.81. The maximum atomic E-state index is 8.51. The highest BCUT2D eigenvalue weighted by Crippen LogP contribution is 2.40. The quantitative estimate of drug-likeness (QED) is 0.458. The molecule has 0 bridgehead atoms. The van der Waals surface area contributed by atoms with Crippen molar-refractivity contribution < 1.29 is 19.9 Å². The Bertz CT molecular complexity index is 294. The molecular formula is C10H16NO4P. The normalized spacial score (nSPS) is 13.4. The summed E-state index contributed by atoms with van der Waals surface area (Å²) in [4.78, 5) is 0. The van der Waals surface area contributed by atoms with Crippen LogP contribution in [0.2, 0.25) is 0 Å². The van der Waals surface area contributed by atoms with E-state index in [2.05, 4.69) is 9.35 Å². The molecule has 0 aliphatic heterocycles. The molecule has 16 heavy (non-hydrogen) atoms. The molecular weight excluding hydrogens is 229 g/mol. The molecule has 0 aromatic heterocycles. The molecule has 2 N–H and O–H groups in total. The van der Waals surface area contributed by atoms with Gasteiger partial charge in [0.25, 0.3) is 0 Å². The van der Waals surface area contributed by atoms with Gasteiger partial charge in [-0.2, -0.15) is 9.35 Å². The second-order valence-corrected chi connectivity index (χ2v) is 4.95. The van der Waals surface area contributed by atoms with Crippen molar-refractivity contribution in [2.75, 3.05) is 7.05 Å². The van der Waals surface area contributed by atoms with Gasteiger partial charge in [-0.25, -0.2) is 15.2 Å². The monoisotopic (exact) mass is 245 g/mol. The molecule has 0 unspecified atom stereocenters. The Morgan fingerprint density at radius 3 is 2.31 bits per heavy atom. The first-order valence-electron chi connectivity index (χ1n) is 4.89. The Morgan fingerprint density at radius 1 is 1.25 bits per heavy atom. The van der Waals surface area contributed by atoms with Gasteiger partial charge < -0.3 is 0 Å². The molecule has 1 aromatic rings. The summed E-state index contributed by atoms with van der Waals surface area (Å²) in [6.45, 7) is 1.96. The third-order valence-corrected chi connectivity index (χ3v) is 3.60. The lowest BCUT2D eigenvalue weighted by molar-refractivity contribution is -0.204. The van der Waals surface area contributed by atoms with E-state index >= 15 is 0 Å². The van der Waals surface area contributed by atoms with Gasteiger partial charge in [-0.1, -0.05) is 30.3 Å². The lowest BCUT2D eigenvalue weighted by atomic mass is 10.1. The van der Waals surface area contributed by atoms with E-state index in [0.29, 0.717) is 0 Å². The predicted octanol–water partition coefficient (Wildman–Crippen LogP) is 2.76. The zero-order chi connectivity index (χ0) is 12.0. The lowest BCUT2D eigenvalue weighted by Gasteiger charge is -2.26. The minimum absolute atomic E-state index is 0.0767. The van der Waals surface area contributed by atoms with Gasteiger partial charge in [-0.3, -0.25) is 0 Å². The minimum Gasteiger partial charge on any atom is -0.245 e. The molecule has 6 heteroatoms. The second kappa shape index (κ2) is 6.91. The highest BCUT2D eigenvalue weighted by Gasteiger charge is 2.23. The standard InChI is InChI=1S/C10H16NO4P/c1-9(11(2)16(14-12)15-13)8-10-6-4-3-5-7-10/h3-7,9,12-13H,8H2,1-2H3/t9-/m0/s1. The van der Waals surface area contributed by atoms with Crippen LogP contribution in [0.4, 0.5) is 0 Å². The first-order valence-corrected chi connectivity index (χ1v) is 6.02. The van der Waals surface area contributed by atoms with Gasteiger partial charge in [0.15, 0.2) is 0 Å². The fourth-order valence-electron chi connectivity index (χ4n) is 1.38. The van der Waals surface area contributed by atoms with Crippen molar-refractivity contribution in [3.63, 3.8) is 0 Å². The van der Waals surface area contributed by atoms with Crippen LogP contribution in [0.25, 0.3) is 0 Å². The van der Waals surface area contributed by atoms with E-state index in [0.717, 1.165) is 6.42 Å². The maximum absolute atomic E-state index is 8.51. The highest BCUT2D eigenvalue weighted by molar-refractivity contribution is 7.44. The Morgan fingerprint density at radius 2 is 1.81 bits per heavy atom. The average Bonchev–Trinajstić information content (AvgIpc) is 2.31. The van der Waals surface area contributed by atoms with Gasteiger partial charge in [-0.15, -0.1) is 0 Å². The lowest BCUT2D eigenvalue weighted by Crippen LogP contribution is -2.27. The van der Waals surface area contributed by atoms with Crippen molar-refractivity contribution in [2.45, 2.75) is 19.4 Å². The Labute approximate surface area is 96.1 Å². The number of rotatable bonds is 6. The van der Waals surface area contributed by atoms with E-state index in [-0.39, 0.29) is 6.04 Å². The summed E-state index contributed by atoms with van der Waals surface area (Å²) in [5.74, 6) is 0. The summed E-state index contributed by atoms with van der Waals surface area (Å²) < 4.78 is 9.72. The molecule has 90 valence electrons. The van der Waals surface area contributed by atoms with E-state index in [1.54, 1.807) is 11.7 Å². The molecule has 1 atom stereocenters. The number of hydrogen-bond donors (Lipinski definition) is 2. The van der Waals surface area contributed by atoms with Gasteiger partial charge in [0, 0.05) is 6.04 Å². The Kier molecular flexibility index (Phi) is 5.84. The largest absolute Gasteiger partial charge is 0.323 e. The van der Waals surface area contributed by atoms with Gasteiger partial charge in [0.1, 0.15) is 0 Å². The van der Waals surface area contributed by atoms with E-state index < -0.39 is 8.53 Å². The first kappa shape index (κ1) is 13.5. The zero-order valence-electron chi connectivity index (χ0n) is 9.28. The number of likely N-dealkylation sites (N-methyl/N-ethyl adjacent to an activating group) is 1. The van der Waals surface area contributed by atoms with E-state index in [1.807, 2.05) is 37.3 Å². The van der Waals surface area contributed by atoms with Crippen molar-refractivity contribution in [3.8, 4) is 0 Å². The third-order valence-electron chi connectivity index (χ3n) is 2.41. The molecule has 5 nitrogen and oxygen atoms in total. The molecule has 0 heterocycles. The Balaban J connectivity index is 2.54.